The topological polar surface area (TPSA) is 43.1 Å². The van der Waals surface area contributed by atoms with Crippen LogP contribution in [0.3, 0.4) is 0 Å². The normalized spacial score (nSPS) is 10.8. The first-order valence-corrected chi connectivity index (χ1v) is 7.39. The van der Waals surface area contributed by atoms with Gasteiger partial charge in [-0.05, 0) is 24.3 Å². The third-order valence-corrected chi connectivity index (χ3v) is 4.33. The summed E-state index contributed by atoms with van der Waals surface area (Å²) < 4.78 is 1.93. The first-order chi connectivity index (χ1) is 9.15. The molecule has 4 heteroatoms. The van der Waals surface area contributed by atoms with Crippen molar-refractivity contribution >= 4 is 48.8 Å². The number of hydrogen-bond acceptors (Lipinski definition) is 3. The molecule has 0 saturated carbocycles. The molecule has 19 heavy (non-hydrogen) atoms. The number of anilines is 1. The molecule has 0 atom stereocenters. The average molecular weight is 332 g/mol. The summed E-state index contributed by atoms with van der Waals surface area (Å²) in [5.74, 6) is 0.00505. The minimum absolute atomic E-state index is 0.00505. The van der Waals surface area contributed by atoms with Crippen molar-refractivity contribution in [1.29, 1.82) is 0 Å². The predicted molar refractivity (Wildman–Crippen MR) is 83.8 cm³/mol. The second-order valence-electron chi connectivity index (χ2n) is 4.25. The first-order valence-electron chi connectivity index (χ1n) is 5.72. The smallest absolute Gasteiger partial charge is 0.194 e. The van der Waals surface area contributed by atoms with Gasteiger partial charge in [-0.3, -0.25) is 4.79 Å². The monoisotopic (exact) mass is 331 g/mol. The fraction of sp³-hybridized carbons (Fsp3) is 0. The third kappa shape index (κ3) is 2.29. The van der Waals surface area contributed by atoms with Crippen LogP contribution in [0.15, 0.2) is 52.3 Å². The minimum Gasteiger partial charge on any atom is -0.399 e. The molecule has 2 N–H and O–H groups in total. The van der Waals surface area contributed by atoms with Crippen LogP contribution in [0.5, 0.6) is 0 Å². The van der Waals surface area contributed by atoms with Crippen molar-refractivity contribution in [3.8, 4) is 0 Å². The molecule has 0 unspecified atom stereocenters. The van der Waals surface area contributed by atoms with Gasteiger partial charge in [0.25, 0.3) is 0 Å². The summed E-state index contributed by atoms with van der Waals surface area (Å²) in [7, 11) is 0. The van der Waals surface area contributed by atoms with Crippen LogP contribution < -0.4 is 5.73 Å². The fourth-order valence-corrected chi connectivity index (χ4v) is 3.50. The molecule has 0 amide bonds. The highest BCUT2D eigenvalue weighted by Gasteiger charge is 2.14. The molecule has 0 saturated heterocycles. The van der Waals surface area contributed by atoms with Gasteiger partial charge in [0.15, 0.2) is 5.78 Å². The molecule has 2 nitrogen and oxygen atoms in total. The molecule has 2 aromatic carbocycles. The van der Waals surface area contributed by atoms with Crippen LogP contribution in [-0.4, -0.2) is 5.78 Å². The highest BCUT2D eigenvalue weighted by atomic mass is 79.9. The molecule has 0 radical (unpaired) electrons. The van der Waals surface area contributed by atoms with Crippen molar-refractivity contribution in [3.63, 3.8) is 0 Å². The van der Waals surface area contributed by atoms with E-state index in [4.69, 9.17) is 5.73 Å². The van der Waals surface area contributed by atoms with Gasteiger partial charge in [0.2, 0.25) is 0 Å². The van der Waals surface area contributed by atoms with Crippen molar-refractivity contribution in [1.82, 2.24) is 0 Å². The highest BCUT2D eigenvalue weighted by molar-refractivity contribution is 9.10. The standard InChI is InChI=1S/C15H10BrNOS/c16-10-5-9(6-11(17)7-10)15(18)13-8-19-14-4-2-1-3-12(13)14/h1-8H,17H2. The Morgan fingerprint density at radius 1 is 1.16 bits per heavy atom. The molecule has 0 aliphatic rings. The lowest BCUT2D eigenvalue weighted by Gasteiger charge is -2.03. The largest absolute Gasteiger partial charge is 0.399 e. The Balaban J connectivity index is 2.13. The minimum atomic E-state index is 0.00505. The molecule has 0 aliphatic carbocycles. The number of rotatable bonds is 2. The van der Waals surface area contributed by atoms with E-state index in [2.05, 4.69) is 15.9 Å². The quantitative estimate of drug-likeness (QED) is 0.555. The molecule has 94 valence electrons. The van der Waals surface area contributed by atoms with E-state index in [0.717, 1.165) is 20.1 Å². The van der Waals surface area contributed by atoms with E-state index in [1.807, 2.05) is 29.6 Å². The number of hydrogen-bond donors (Lipinski definition) is 1. The Kier molecular flexibility index (Phi) is 3.12. The van der Waals surface area contributed by atoms with Gasteiger partial charge in [-0.15, -0.1) is 11.3 Å². The van der Waals surface area contributed by atoms with Crippen molar-refractivity contribution in [3.05, 3.63) is 63.4 Å². The number of carbonyl (C=O) groups is 1. The summed E-state index contributed by atoms with van der Waals surface area (Å²) in [6.07, 6.45) is 0. The second-order valence-corrected chi connectivity index (χ2v) is 6.07. The number of ketones is 1. The van der Waals surface area contributed by atoms with Gasteiger partial charge in [-0.1, -0.05) is 34.1 Å². The Labute approximate surface area is 123 Å². The Morgan fingerprint density at radius 2 is 1.95 bits per heavy atom. The summed E-state index contributed by atoms with van der Waals surface area (Å²) in [4.78, 5) is 12.6. The maximum Gasteiger partial charge on any atom is 0.194 e. The van der Waals surface area contributed by atoms with E-state index in [0.29, 0.717) is 11.3 Å². The average Bonchev–Trinajstić information content (AvgIpc) is 2.80. The number of nitrogens with two attached hydrogens (primary N) is 1. The van der Waals surface area contributed by atoms with E-state index in [-0.39, 0.29) is 5.78 Å². The summed E-state index contributed by atoms with van der Waals surface area (Å²) in [6.45, 7) is 0. The lowest BCUT2D eigenvalue weighted by Crippen LogP contribution is -2.01. The molecular formula is C15H10BrNOS. The molecular weight excluding hydrogens is 322 g/mol. The van der Waals surface area contributed by atoms with Gasteiger partial charge >= 0.3 is 0 Å². The molecule has 0 fully saturated rings. The molecule has 1 aromatic heterocycles. The van der Waals surface area contributed by atoms with E-state index in [9.17, 15) is 4.79 Å². The third-order valence-electron chi connectivity index (χ3n) is 2.91. The zero-order chi connectivity index (χ0) is 13.4. The predicted octanol–water partition coefficient (Wildman–Crippen LogP) is 4.48. The zero-order valence-electron chi connectivity index (χ0n) is 9.89. The zero-order valence-corrected chi connectivity index (χ0v) is 12.3. The van der Waals surface area contributed by atoms with E-state index in [1.54, 1.807) is 29.5 Å². The lowest BCUT2D eigenvalue weighted by atomic mass is 10.0. The van der Waals surface area contributed by atoms with Gasteiger partial charge < -0.3 is 5.73 Å². The summed E-state index contributed by atoms with van der Waals surface area (Å²) in [5.41, 5.74) is 7.71. The van der Waals surface area contributed by atoms with Crippen LogP contribution in [-0.2, 0) is 0 Å². The highest BCUT2D eigenvalue weighted by Crippen LogP contribution is 2.28. The van der Waals surface area contributed by atoms with Crippen LogP contribution in [0.2, 0.25) is 0 Å². The van der Waals surface area contributed by atoms with Crippen molar-refractivity contribution in [2.24, 2.45) is 0 Å². The van der Waals surface area contributed by atoms with Gasteiger partial charge in [0.1, 0.15) is 0 Å². The summed E-state index contributed by atoms with van der Waals surface area (Å²) >= 11 is 4.95. The van der Waals surface area contributed by atoms with E-state index in [1.165, 1.54) is 0 Å². The SMILES string of the molecule is Nc1cc(Br)cc(C(=O)c2csc3ccccc23)c1. The number of fused-ring (bicyclic) bond motifs is 1. The van der Waals surface area contributed by atoms with Crippen molar-refractivity contribution in [2.75, 3.05) is 5.73 Å². The Morgan fingerprint density at radius 3 is 2.74 bits per heavy atom. The number of nitrogen functional groups attached to an aromatic ring is 1. The van der Waals surface area contributed by atoms with Crippen LogP contribution >= 0.6 is 27.3 Å². The molecule has 3 aromatic rings. The fourth-order valence-electron chi connectivity index (χ4n) is 2.05. The van der Waals surface area contributed by atoms with Gasteiger partial charge in [-0.2, -0.15) is 0 Å². The van der Waals surface area contributed by atoms with E-state index >= 15 is 0 Å². The number of thiophene rings is 1. The van der Waals surface area contributed by atoms with Crippen molar-refractivity contribution in [2.45, 2.75) is 0 Å². The maximum absolute atomic E-state index is 12.6. The second kappa shape index (κ2) is 4.79. The molecule has 0 spiro atoms. The first kappa shape index (κ1) is 12.4. The maximum atomic E-state index is 12.6. The van der Waals surface area contributed by atoms with Crippen LogP contribution in [0.25, 0.3) is 10.1 Å². The molecule has 0 bridgehead atoms. The molecule has 1 heterocycles. The summed E-state index contributed by atoms with van der Waals surface area (Å²) in [5, 5.41) is 2.90. The van der Waals surface area contributed by atoms with Crippen LogP contribution in [0.4, 0.5) is 5.69 Å². The number of halogens is 1. The lowest BCUT2D eigenvalue weighted by molar-refractivity contribution is 0.104. The van der Waals surface area contributed by atoms with Crippen molar-refractivity contribution < 1.29 is 4.79 Å². The molecule has 3 rings (SSSR count). The molecule has 0 aliphatic heterocycles. The summed E-state index contributed by atoms with van der Waals surface area (Å²) in [6, 6.07) is 13.2. The number of benzene rings is 2. The Bertz CT molecular complexity index is 758. The van der Waals surface area contributed by atoms with Crippen LogP contribution in [0.1, 0.15) is 15.9 Å². The number of carbonyl (C=O) groups excluding carboxylic acids is 1. The van der Waals surface area contributed by atoms with Crippen LogP contribution in [0, 0.1) is 0 Å². The Hall–Kier alpha value is -1.65. The van der Waals surface area contributed by atoms with Gasteiger partial charge in [-0.25, -0.2) is 0 Å². The van der Waals surface area contributed by atoms with E-state index < -0.39 is 0 Å². The van der Waals surface area contributed by atoms with Gasteiger partial charge in [0.05, 0.1) is 0 Å². The van der Waals surface area contributed by atoms with Gasteiger partial charge in [0, 0.05) is 36.8 Å².